The van der Waals surface area contributed by atoms with Gasteiger partial charge in [0.25, 0.3) is 5.91 Å². The molecule has 1 heterocycles. The number of amides is 2. The second-order valence-corrected chi connectivity index (χ2v) is 11.1. The van der Waals surface area contributed by atoms with E-state index in [0.717, 1.165) is 41.0 Å². The van der Waals surface area contributed by atoms with Crippen molar-refractivity contribution in [1.82, 2.24) is 0 Å². The number of carbonyl (C=O) groups excluding carboxylic acids is 3. The average molecular weight is 529 g/mol. The molecule has 4 rings (SSSR count). The Hall–Kier alpha value is -2.81. The number of methoxy groups -OCH3 is 1. The van der Waals surface area contributed by atoms with Crippen molar-refractivity contribution in [2.75, 3.05) is 17.7 Å². The average Bonchev–Trinajstić information content (AvgIpc) is 3.21. The van der Waals surface area contributed by atoms with Crippen molar-refractivity contribution in [3.8, 4) is 0 Å². The first-order valence-electron chi connectivity index (χ1n) is 11.2. The van der Waals surface area contributed by atoms with E-state index in [2.05, 4.69) is 10.6 Å². The molecule has 2 amide bonds. The molecule has 3 aromatic rings. The molecule has 35 heavy (non-hydrogen) atoms. The second kappa shape index (κ2) is 11.3. The number of thiophene rings is 1. The number of hydrogen-bond acceptors (Lipinski definition) is 6. The van der Waals surface area contributed by atoms with Gasteiger partial charge in [0.1, 0.15) is 5.00 Å². The summed E-state index contributed by atoms with van der Waals surface area (Å²) in [5.74, 6) is -0.882. The summed E-state index contributed by atoms with van der Waals surface area (Å²) in [6.45, 7) is 1.81. The Morgan fingerprint density at radius 3 is 2.60 bits per heavy atom. The minimum atomic E-state index is -0.432. The van der Waals surface area contributed by atoms with Gasteiger partial charge in [-0.25, -0.2) is 4.79 Å². The van der Waals surface area contributed by atoms with Gasteiger partial charge in [0, 0.05) is 26.0 Å². The van der Waals surface area contributed by atoms with Gasteiger partial charge in [-0.3, -0.25) is 9.59 Å². The number of nitrogens with one attached hydrogen (secondary N) is 2. The fraction of sp³-hybridized carbons (Fsp3) is 0.269. The van der Waals surface area contributed by atoms with Gasteiger partial charge in [-0.1, -0.05) is 23.7 Å². The highest BCUT2D eigenvalue weighted by Gasteiger charge is 2.28. The lowest BCUT2D eigenvalue weighted by atomic mass is 9.95. The van der Waals surface area contributed by atoms with E-state index in [1.165, 1.54) is 30.2 Å². The van der Waals surface area contributed by atoms with Gasteiger partial charge in [-0.2, -0.15) is 0 Å². The standard InChI is InChI=1S/C26H25ClN2O4S2/c1-15(23(30)29-25-22(26(32)33-2)20-11-3-4-12-21(20)35-25)34-19-10-6-9-18(14-19)28-24(31)16-7-5-8-17(27)13-16/h5-10,13-15H,3-4,11-12H2,1-2H3,(H,28,31)(H,29,30). The third-order valence-electron chi connectivity index (χ3n) is 5.66. The maximum atomic E-state index is 13.0. The smallest absolute Gasteiger partial charge is 0.341 e. The van der Waals surface area contributed by atoms with Crippen LogP contribution >= 0.6 is 34.7 Å². The molecule has 1 atom stereocenters. The Labute approximate surface area is 217 Å². The molecule has 0 saturated carbocycles. The van der Waals surface area contributed by atoms with Gasteiger partial charge in [-0.05, 0) is 74.6 Å². The number of ether oxygens (including phenoxy) is 1. The molecular weight excluding hydrogens is 504 g/mol. The van der Waals surface area contributed by atoms with Crippen LogP contribution in [0, 0.1) is 0 Å². The van der Waals surface area contributed by atoms with E-state index in [1.54, 1.807) is 30.3 Å². The Bertz CT molecular complexity index is 1270. The molecule has 9 heteroatoms. The van der Waals surface area contributed by atoms with Gasteiger partial charge in [-0.15, -0.1) is 23.1 Å². The van der Waals surface area contributed by atoms with Crippen molar-refractivity contribution in [2.45, 2.75) is 42.8 Å². The number of rotatable bonds is 7. The fourth-order valence-electron chi connectivity index (χ4n) is 3.92. The largest absolute Gasteiger partial charge is 0.465 e. The third-order valence-corrected chi connectivity index (χ3v) is 8.19. The van der Waals surface area contributed by atoms with Crippen molar-refractivity contribution >= 4 is 63.2 Å². The number of esters is 1. The number of thioether (sulfide) groups is 1. The lowest BCUT2D eigenvalue weighted by molar-refractivity contribution is -0.115. The van der Waals surface area contributed by atoms with Crippen LogP contribution in [0.4, 0.5) is 10.7 Å². The third kappa shape index (κ3) is 6.07. The van der Waals surface area contributed by atoms with Crippen LogP contribution in [0.3, 0.4) is 0 Å². The Kier molecular flexibility index (Phi) is 8.15. The van der Waals surface area contributed by atoms with Crippen LogP contribution in [0.2, 0.25) is 5.02 Å². The lowest BCUT2D eigenvalue weighted by Gasteiger charge is -2.14. The van der Waals surface area contributed by atoms with Crippen molar-refractivity contribution in [3.05, 3.63) is 75.1 Å². The zero-order chi connectivity index (χ0) is 24.9. The number of anilines is 2. The van der Waals surface area contributed by atoms with Crippen molar-refractivity contribution < 1.29 is 19.1 Å². The quantitative estimate of drug-likeness (QED) is 0.272. The number of fused-ring (bicyclic) bond motifs is 1. The van der Waals surface area contributed by atoms with E-state index < -0.39 is 11.2 Å². The zero-order valence-corrected chi connectivity index (χ0v) is 21.7. The number of aryl methyl sites for hydroxylation is 1. The molecule has 1 aliphatic rings. The van der Waals surface area contributed by atoms with Crippen LogP contribution < -0.4 is 10.6 Å². The molecule has 0 bridgehead atoms. The number of hydrogen-bond donors (Lipinski definition) is 2. The van der Waals surface area contributed by atoms with Gasteiger partial charge in [0.15, 0.2) is 0 Å². The molecule has 0 fully saturated rings. The normalized spacial score (nSPS) is 13.5. The Morgan fingerprint density at radius 2 is 1.83 bits per heavy atom. The molecule has 182 valence electrons. The predicted molar refractivity (Wildman–Crippen MR) is 142 cm³/mol. The summed E-state index contributed by atoms with van der Waals surface area (Å²) in [5, 5.41) is 6.43. The summed E-state index contributed by atoms with van der Waals surface area (Å²) in [5.41, 5.74) is 2.57. The van der Waals surface area contributed by atoms with Crippen LogP contribution in [0.1, 0.15) is 50.9 Å². The van der Waals surface area contributed by atoms with E-state index >= 15 is 0 Å². The zero-order valence-electron chi connectivity index (χ0n) is 19.4. The Balaban J connectivity index is 1.44. The molecule has 1 aromatic heterocycles. The molecule has 1 unspecified atom stereocenters. The summed E-state index contributed by atoms with van der Waals surface area (Å²) in [6, 6.07) is 14.0. The van der Waals surface area contributed by atoms with Crippen molar-refractivity contribution in [2.24, 2.45) is 0 Å². The van der Waals surface area contributed by atoms with Crippen LogP contribution in [-0.4, -0.2) is 30.1 Å². The molecule has 0 spiro atoms. The van der Waals surface area contributed by atoms with Crippen LogP contribution in [-0.2, 0) is 22.4 Å². The molecule has 0 aliphatic heterocycles. The van der Waals surface area contributed by atoms with Crippen LogP contribution in [0.15, 0.2) is 53.4 Å². The maximum absolute atomic E-state index is 13.0. The van der Waals surface area contributed by atoms with Crippen LogP contribution in [0.25, 0.3) is 0 Å². The first-order valence-corrected chi connectivity index (χ1v) is 13.3. The lowest BCUT2D eigenvalue weighted by Crippen LogP contribution is -2.23. The first kappa shape index (κ1) is 25.3. The van der Waals surface area contributed by atoms with E-state index in [0.29, 0.717) is 26.8 Å². The monoisotopic (exact) mass is 528 g/mol. The second-order valence-electron chi connectivity index (χ2n) is 8.15. The molecule has 2 aromatic carbocycles. The molecule has 6 nitrogen and oxygen atoms in total. The SMILES string of the molecule is COC(=O)c1c(NC(=O)C(C)Sc2cccc(NC(=O)c3cccc(Cl)c3)c2)sc2c1CCCC2. The van der Waals surface area contributed by atoms with Crippen molar-refractivity contribution in [3.63, 3.8) is 0 Å². The highest BCUT2D eigenvalue weighted by atomic mass is 35.5. The van der Waals surface area contributed by atoms with E-state index in [4.69, 9.17) is 16.3 Å². The number of benzene rings is 2. The summed E-state index contributed by atoms with van der Waals surface area (Å²) in [6.07, 6.45) is 3.84. The highest BCUT2D eigenvalue weighted by molar-refractivity contribution is 8.00. The minimum absolute atomic E-state index is 0.202. The summed E-state index contributed by atoms with van der Waals surface area (Å²) in [7, 11) is 1.36. The molecule has 2 N–H and O–H groups in total. The number of carbonyl (C=O) groups is 3. The maximum Gasteiger partial charge on any atom is 0.341 e. The highest BCUT2D eigenvalue weighted by Crippen LogP contribution is 2.39. The predicted octanol–water partition coefficient (Wildman–Crippen LogP) is 6.44. The summed E-state index contributed by atoms with van der Waals surface area (Å²) in [4.78, 5) is 40.0. The molecular formula is C26H25ClN2O4S2. The van der Waals surface area contributed by atoms with E-state index in [-0.39, 0.29) is 11.8 Å². The Morgan fingerprint density at radius 1 is 1.06 bits per heavy atom. The van der Waals surface area contributed by atoms with Gasteiger partial charge >= 0.3 is 5.97 Å². The van der Waals surface area contributed by atoms with E-state index in [9.17, 15) is 14.4 Å². The number of halogens is 1. The van der Waals surface area contributed by atoms with Gasteiger partial charge in [0.05, 0.1) is 17.9 Å². The van der Waals surface area contributed by atoms with Gasteiger partial charge < -0.3 is 15.4 Å². The van der Waals surface area contributed by atoms with Gasteiger partial charge in [0.2, 0.25) is 5.91 Å². The molecule has 0 radical (unpaired) electrons. The summed E-state index contributed by atoms with van der Waals surface area (Å²) >= 11 is 8.82. The van der Waals surface area contributed by atoms with E-state index in [1.807, 2.05) is 25.1 Å². The fourth-order valence-corrected chi connectivity index (χ4v) is 6.32. The van der Waals surface area contributed by atoms with Crippen LogP contribution in [0.5, 0.6) is 0 Å². The molecule has 1 aliphatic carbocycles. The molecule has 0 saturated heterocycles. The van der Waals surface area contributed by atoms with Crippen molar-refractivity contribution in [1.29, 1.82) is 0 Å². The topological polar surface area (TPSA) is 84.5 Å². The minimum Gasteiger partial charge on any atom is -0.465 e. The first-order chi connectivity index (χ1) is 16.9. The summed E-state index contributed by atoms with van der Waals surface area (Å²) < 4.78 is 4.99.